The van der Waals surface area contributed by atoms with Crippen molar-refractivity contribution in [1.82, 2.24) is 30.7 Å². The van der Waals surface area contributed by atoms with Crippen LogP contribution in [0.4, 0.5) is 23.2 Å². The lowest BCUT2D eigenvalue weighted by molar-refractivity contribution is -0.265. The topological polar surface area (TPSA) is 198 Å². The Balaban J connectivity index is 1.38. The summed E-state index contributed by atoms with van der Waals surface area (Å²) in [6, 6.07) is 11.1. The number of anilines is 1. The van der Waals surface area contributed by atoms with E-state index in [-0.39, 0.29) is 51.6 Å². The van der Waals surface area contributed by atoms with Crippen molar-refractivity contribution in [2.45, 2.75) is 24.1 Å². The molecule has 13 nitrogen and oxygen atoms in total. The molecule has 0 spiro atoms. The van der Waals surface area contributed by atoms with Gasteiger partial charge in [-0.1, -0.05) is 11.3 Å². The van der Waals surface area contributed by atoms with Crippen LogP contribution in [-0.4, -0.2) is 67.5 Å². The van der Waals surface area contributed by atoms with Gasteiger partial charge in [-0.25, -0.2) is 9.37 Å². The van der Waals surface area contributed by atoms with Crippen LogP contribution in [0, 0.1) is 5.82 Å². The van der Waals surface area contributed by atoms with Gasteiger partial charge in [0.1, 0.15) is 35.0 Å². The van der Waals surface area contributed by atoms with Crippen LogP contribution in [0.15, 0.2) is 67.0 Å². The molecular formula is C31H24F4N8O5. The van der Waals surface area contributed by atoms with Crippen LogP contribution in [0.3, 0.4) is 0 Å². The van der Waals surface area contributed by atoms with Crippen molar-refractivity contribution >= 4 is 34.3 Å². The zero-order chi connectivity index (χ0) is 34.4. The summed E-state index contributed by atoms with van der Waals surface area (Å²) in [4.78, 5) is 46.8. The summed E-state index contributed by atoms with van der Waals surface area (Å²) >= 11 is 0. The minimum absolute atomic E-state index is 0.0103. The van der Waals surface area contributed by atoms with Crippen LogP contribution in [0.25, 0.3) is 22.2 Å². The number of hydrogen-bond acceptors (Lipinski definition) is 9. The Morgan fingerprint density at radius 3 is 2.52 bits per heavy atom. The number of carbonyl (C=O) groups is 3. The lowest BCUT2D eigenvalue weighted by atomic mass is 9.81. The summed E-state index contributed by atoms with van der Waals surface area (Å²) in [7, 11) is 0. The van der Waals surface area contributed by atoms with Gasteiger partial charge in [0, 0.05) is 28.3 Å². The number of primary amides is 1. The zero-order valence-electron chi connectivity index (χ0n) is 24.7. The molecule has 2 aromatic carbocycles. The number of alkyl halides is 3. The Morgan fingerprint density at radius 1 is 1.10 bits per heavy atom. The van der Waals surface area contributed by atoms with Crippen molar-refractivity contribution in [2.24, 2.45) is 5.73 Å². The first kappa shape index (κ1) is 32.0. The quantitative estimate of drug-likeness (QED) is 0.155. The Morgan fingerprint density at radius 2 is 1.85 bits per heavy atom. The molecule has 0 fully saturated rings. The number of fused-ring (bicyclic) bond motifs is 2. The molecule has 3 aromatic heterocycles. The highest BCUT2D eigenvalue weighted by Gasteiger charge is 2.57. The third kappa shape index (κ3) is 5.53. The fourth-order valence-electron chi connectivity index (χ4n) is 5.16. The van der Waals surface area contributed by atoms with Crippen LogP contribution in [0.2, 0.25) is 0 Å². The van der Waals surface area contributed by atoms with Crippen molar-refractivity contribution in [3.63, 3.8) is 0 Å². The molecule has 2 atom stereocenters. The molecule has 1 aliphatic heterocycles. The first-order valence-electron chi connectivity index (χ1n) is 14.1. The van der Waals surface area contributed by atoms with Crippen LogP contribution in [0.5, 0.6) is 5.75 Å². The van der Waals surface area contributed by atoms with Gasteiger partial charge in [0.15, 0.2) is 0 Å². The predicted octanol–water partition coefficient (Wildman–Crippen LogP) is 3.12. The molecule has 3 amide bonds. The first-order valence-corrected chi connectivity index (χ1v) is 14.1. The van der Waals surface area contributed by atoms with Gasteiger partial charge in [0.2, 0.25) is 11.5 Å². The highest BCUT2D eigenvalue weighted by atomic mass is 19.4. The summed E-state index contributed by atoms with van der Waals surface area (Å²) in [5.74, 6) is -3.33. The molecule has 0 aliphatic carbocycles. The second-order valence-corrected chi connectivity index (χ2v) is 11.2. The Hall–Kier alpha value is -5.97. The zero-order valence-corrected chi connectivity index (χ0v) is 24.7. The molecule has 5 aromatic rings. The van der Waals surface area contributed by atoms with Gasteiger partial charge in [0.05, 0.1) is 29.6 Å². The molecule has 246 valence electrons. The molecule has 0 saturated carbocycles. The molecule has 0 unspecified atom stereocenters. The van der Waals surface area contributed by atoms with E-state index in [9.17, 15) is 37.1 Å². The van der Waals surface area contributed by atoms with Crippen molar-refractivity contribution in [1.29, 1.82) is 0 Å². The summed E-state index contributed by atoms with van der Waals surface area (Å²) < 4.78 is 63.8. The average Bonchev–Trinajstić information content (AvgIpc) is 3.72. The van der Waals surface area contributed by atoms with Crippen molar-refractivity contribution in [3.8, 4) is 17.0 Å². The standard InChI is InChI=1S/C31H24F4N8O5/c1-29(28(36)46)14-48-25-19(29)11-22(41-24(25)15-4-6-18(32)7-5-15)30(47,31(33,34)35)13-38-26(44)17-9-16-3-2-8-37-23(16)20(10-17)40-27(45)21-12-39-43-42-21/h2-12,47H,13-14H2,1H3,(H2,36,46)(H,38,44)(H,40,45)(H,39,42,43)/t29-,30-/m0/s1. The fraction of sp³-hybridized carbons (Fsp3) is 0.194. The number of hydrogen-bond donors (Lipinski definition) is 5. The minimum atomic E-state index is -5.42. The lowest BCUT2D eigenvalue weighted by Crippen LogP contribution is -2.51. The molecule has 6 rings (SSSR count). The monoisotopic (exact) mass is 664 g/mol. The van der Waals surface area contributed by atoms with Gasteiger partial charge in [-0.3, -0.25) is 24.5 Å². The number of benzene rings is 2. The van der Waals surface area contributed by atoms with E-state index in [1.807, 2.05) is 0 Å². The maximum atomic E-state index is 14.8. The van der Waals surface area contributed by atoms with Gasteiger partial charge in [-0.15, -0.1) is 5.10 Å². The number of ether oxygens (including phenoxy) is 1. The number of aliphatic hydroxyl groups is 1. The van der Waals surface area contributed by atoms with Gasteiger partial charge in [-0.05, 0) is 55.5 Å². The van der Waals surface area contributed by atoms with E-state index in [0.29, 0.717) is 5.39 Å². The van der Waals surface area contributed by atoms with E-state index >= 15 is 0 Å². The van der Waals surface area contributed by atoms with Gasteiger partial charge < -0.3 is 26.2 Å². The Bertz CT molecular complexity index is 2070. The lowest BCUT2D eigenvalue weighted by Gasteiger charge is -2.31. The summed E-state index contributed by atoms with van der Waals surface area (Å²) in [5.41, 5.74) is -0.815. The summed E-state index contributed by atoms with van der Waals surface area (Å²) in [6.45, 7) is -0.392. The van der Waals surface area contributed by atoms with Gasteiger partial charge in [-0.2, -0.15) is 13.2 Å². The second-order valence-electron chi connectivity index (χ2n) is 11.2. The molecule has 6 N–H and O–H groups in total. The third-order valence-electron chi connectivity index (χ3n) is 8.01. The first-order chi connectivity index (χ1) is 22.7. The summed E-state index contributed by atoms with van der Waals surface area (Å²) in [5, 5.41) is 25.8. The normalized spacial score (nSPS) is 16.9. The molecule has 0 radical (unpaired) electrons. The number of nitrogens with two attached hydrogens (primary N) is 1. The van der Waals surface area contributed by atoms with Gasteiger partial charge >= 0.3 is 6.18 Å². The highest BCUT2D eigenvalue weighted by molar-refractivity contribution is 6.09. The molecule has 0 saturated heterocycles. The number of aromatic nitrogens is 5. The number of amides is 3. The number of H-pyrrole nitrogens is 1. The van der Waals surface area contributed by atoms with E-state index in [0.717, 1.165) is 24.4 Å². The third-order valence-corrected chi connectivity index (χ3v) is 8.01. The van der Waals surface area contributed by atoms with E-state index in [1.54, 1.807) is 12.1 Å². The molecule has 0 bridgehead atoms. The molecular weight excluding hydrogens is 640 g/mol. The number of halogens is 4. The molecule has 4 heterocycles. The highest BCUT2D eigenvalue weighted by Crippen LogP contribution is 2.47. The maximum absolute atomic E-state index is 14.8. The average molecular weight is 665 g/mol. The smallest absolute Gasteiger partial charge is 0.424 e. The van der Waals surface area contributed by atoms with Crippen molar-refractivity contribution < 1.29 is 41.8 Å². The van der Waals surface area contributed by atoms with E-state index < -0.39 is 53.0 Å². The minimum Gasteiger partial charge on any atom is -0.489 e. The van der Waals surface area contributed by atoms with E-state index in [1.165, 1.54) is 37.4 Å². The van der Waals surface area contributed by atoms with Crippen LogP contribution >= 0.6 is 0 Å². The number of carbonyl (C=O) groups excluding carboxylic acids is 3. The van der Waals surface area contributed by atoms with Gasteiger partial charge in [0.25, 0.3) is 11.8 Å². The van der Waals surface area contributed by atoms with Crippen molar-refractivity contribution in [3.05, 3.63) is 95.3 Å². The number of nitrogens with one attached hydrogen (secondary N) is 3. The second kappa shape index (κ2) is 11.7. The maximum Gasteiger partial charge on any atom is 0.424 e. The number of nitrogens with zero attached hydrogens (tertiary/aromatic N) is 4. The molecule has 48 heavy (non-hydrogen) atoms. The Kier molecular flexibility index (Phi) is 7.78. The van der Waals surface area contributed by atoms with Crippen molar-refractivity contribution in [2.75, 3.05) is 18.5 Å². The number of rotatable bonds is 8. The number of pyridine rings is 2. The predicted molar refractivity (Wildman–Crippen MR) is 160 cm³/mol. The summed E-state index contributed by atoms with van der Waals surface area (Å²) in [6.07, 6.45) is -2.82. The van der Waals surface area contributed by atoms with E-state index in [4.69, 9.17) is 10.5 Å². The SMILES string of the molecule is C[C@]1(C(N)=O)COc2c1cc([C@@](O)(CNC(=O)c1cc(NC(=O)c3cnn[nH]3)c3ncccc3c1)C(F)(F)F)nc2-c1ccc(F)cc1. The van der Waals surface area contributed by atoms with Crippen LogP contribution < -0.4 is 21.1 Å². The largest absolute Gasteiger partial charge is 0.489 e. The Labute approximate surface area is 267 Å². The molecule has 17 heteroatoms. The fourth-order valence-corrected chi connectivity index (χ4v) is 5.16. The van der Waals surface area contributed by atoms with Crippen LogP contribution in [0.1, 0.15) is 39.0 Å². The molecule has 1 aliphatic rings. The van der Waals surface area contributed by atoms with Crippen LogP contribution in [-0.2, 0) is 15.8 Å². The number of aromatic amines is 1. The van der Waals surface area contributed by atoms with E-state index in [2.05, 4.69) is 36.0 Å².